The third-order valence-electron chi connectivity index (χ3n) is 7.38. The molecule has 244 valence electrons. The zero-order valence-electron chi connectivity index (χ0n) is 26.5. The zero-order chi connectivity index (χ0) is 30.4. The minimum atomic E-state index is -4.72. The zero-order valence-corrected chi connectivity index (χ0v) is 27.4. The van der Waals surface area contributed by atoms with Crippen LogP contribution in [-0.4, -0.2) is 41.0 Å². The van der Waals surface area contributed by atoms with Gasteiger partial charge in [0.25, 0.3) is 0 Å². The van der Waals surface area contributed by atoms with E-state index in [-0.39, 0.29) is 19.4 Å². The highest BCUT2D eigenvalue weighted by molar-refractivity contribution is 7.46. The maximum absolute atomic E-state index is 12.2. The Morgan fingerprint density at radius 3 is 1.29 bits per heavy atom. The molecule has 1 atom stereocenters. The molecule has 0 heterocycles. The molecule has 8 nitrogen and oxygen atoms in total. The summed E-state index contributed by atoms with van der Waals surface area (Å²) < 4.78 is 25.9. The summed E-state index contributed by atoms with van der Waals surface area (Å²) in [7, 11) is -4.72. The number of phosphoric acid groups is 1. The maximum atomic E-state index is 12.2. The van der Waals surface area contributed by atoms with Gasteiger partial charge in [-0.25, -0.2) is 4.57 Å². The molecule has 9 heteroatoms. The van der Waals surface area contributed by atoms with E-state index >= 15 is 0 Å². The molecule has 0 aromatic heterocycles. The first-order chi connectivity index (χ1) is 19.8. The standard InChI is InChI=1S/C32H63O8P/c1-3-5-7-8-9-10-11-12-13-14-15-16-17-18-19-20-21-22-23-25-27-32(34)40-30(29-39-41(35,36)37)28-38-31(33)26-24-6-4-2/h30H,3-29H2,1-2H3,(H2,35,36,37). The van der Waals surface area contributed by atoms with Crippen LogP contribution in [0.4, 0.5) is 0 Å². The van der Waals surface area contributed by atoms with E-state index < -0.39 is 32.5 Å². The van der Waals surface area contributed by atoms with Crippen molar-refractivity contribution in [1.29, 1.82) is 0 Å². The summed E-state index contributed by atoms with van der Waals surface area (Å²) in [6.45, 7) is 3.49. The number of phosphoric ester groups is 1. The normalized spacial score (nSPS) is 12.4. The van der Waals surface area contributed by atoms with Crippen molar-refractivity contribution in [3.05, 3.63) is 0 Å². The summed E-state index contributed by atoms with van der Waals surface area (Å²) in [5.41, 5.74) is 0. The SMILES string of the molecule is CCCCCCCCCCCCCCCCCCCCCCC(=O)OC(COC(=O)CCCCC)COP(=O)(O)O. The van der Waals surface area contributed by atoms with Gasteiger partial charge in [0, 0.05) is 12.8 Å². The van der Waals surface area contributed by atoms with Gasteiger partial charge >= 0.3 is 19.8 Å². The van der Waals surface area contributed by atoms with Gasteiger partial charge in [-0.1, -0.05) is 149 Å². The Hall–Kier alpha value is -0.950. The summed E-state index contributed by atoms with van der Waals surface area (Å²) in [5, 5.41) is 0. The number of esters is 2. The van der Waals surface area contributed by atoms with E-state index in [1.54, 1.807) is 0 Å². The number of rotatable bonds is 31. The molecule has 1 unspecified atom stereocenters. The van der Waals surface area contributed by atoms with Crippen LogP contribution in [0.5, 0.6) is 0 Å². The molecule has 41 heavy (non-hydrogen) atoms. The number of hydrogen-bond acceptors (Lipinski definition) is 6. The predicted molar refractivity (Wildman–Crippen MR) is 166 cm³/mol. The first kappa shape index (κ1) is 40.1. The quantitative estimate of drug-likeness (QED) is 0.0455. The van der Waals surface area contributed by atoms with Crippen molar-refractivity contribution in [3.63, 3.8) is 0 Å². The summed E-state index contributed by atoms with van der Waals surface area (Å²) >= 11 is 0. The third kappa shape index (κ3) is 31.8. The Kier molecular flexibility index (Phi) is 28.5. The van der Waals surface area contributed by atoms with Crippen LogP contribution >= 0.6 is 7.82 Å². The van der Waals surface area contributed by atoms with E-state index in [0.29, 0.717) is 12.8 Å². The Balaban J connectivity index is 3.71. The Labute approximate surface area is 251 Å². The van der Waals surface area contributed by atoms with Crippen molar-refractivity contribution in [2.45, 2.75) is 180 Å². The molecule has 0 aliphatic heterocycles. The minimum Gasteiger partial charge on any atom is -0.462 e. The molecular weight excluding hydrogens is 543 g/mol. The van der Waals surface area contributed by atoms with Crippen molar-refractivity contribution >= 4 is 19.8 Å². The minimum absolute atomic E-state index is 0.218. The molecule has 0 aromatic rings. The van der Waals surface area contributed by atoms with Gasteiger partial charge in [-0.3, -0.25) is 14.1 Å². The molecule has 0 saturated heterocycles. The van der Waals surface area contributed by atoms with Gasteiger partial charge in [0.05, 0.1) is 6.61 Å². The lowest BCUT2D eigenvalue weighted by Crippen LogP contribution is -2.29. The van der Waals surface area contributed by atoms with Crippen LogP contribution in [0.15, 0.2) is 0 Å². The Bertz CT molecular complexity index is 652. The van der Waals surface area contributed by atoms with Gasteiger partial charge in [0.15, 0.2) is 6.10 Å². The number of unbranched alkanes of at least 4 members (excludes halogenated alkanes) is 21. The summed E-state index contributed by atoms with van der Waals surface area (Å²) in [4.78, 5) is 41.9. The second-order valence-electron chi connectivity index (χ2n) is 11.5. The topological polar surface area (TPSA) is 119 Å². The highest BCUT2D eigenvalue weighted by Crippen LogP contribution is 2.36. The lowest BCUT2D eigenvalue weighted by Gasteiger charge is -2.18. The van der Waals surface area contributed by atoms with Crippen LogP contribution in [-0.2, 0) is 28.2 Å². The number of ether oxygens (including phenoxy) is 2. The van der Waals surface area contributed by atoms with E-state index in [1.165, 1.54) is 109 Å². The lowest BCUT2D eigenvalue weighted by molar-refractivity contribution is -0.161. The summed E-state index contributed by atoms with van der Waals surface area (Å²) in [6, 6.07) is 0. The van der Waals surface area contributed by atoms with Crippen molar-refractivity contribution in [2.24, 2.45) is 0 Å². The number of hydrogen-bond donors (Lipinski definition) is 2. The van der Waals surface area contributed by atoms with Crippen LogP contribution in [0, 0.1) is 0 Å². The molecule has 0 aromatic carbocycles. The Morgan fingerprint density at radius 1 is 0.537 bits per heavy atom. The van der Waals surface area contributed by atoms with E-state index in [0.717, 1.165) is 25.7 Å². The molecule has 0 radical (unpaired) electrons. The van der Waals surface area contributed by atoms with Crippen LogP contribution in [0.25, 0.3) is 0 Å². The molecule has 0 aliphatic carbocycles. The molecule has 0 bridgehead atoms. The van der Waals surface area contributed by atoms with Gasteiger partial charge in [0.2, 0.25) is 0 Å². The Morgan fingerprint density at radius 2 is 0.878 bits per heavy atom. The van der Waals surface area contributed by atoms with E-state index in [9.17, 15) is 14.2 Å². The lowest BCUT2D eigenvalue weighted by atomic mass is 10.0. The molecule has 0 aliphatic rings. The van der Waals surface area contributed by atoms with Gasteiger partial charge in [0.1, 0.15) is 6.61 Å². The number of carbonyl (C=O) groups excluding carboxylic acids is 2. The van der Waals surface area contributed by atoms with Gasteiger partial charge in [-0.15, -0.1) is 0 Å². The second kappa shape index (κ2) is 29.1. The van der Waals surface area contributed by atoms with Crippen LogP contribution in [0.3, 0.4) is 0 Å². The van der Waals surface area contributed by atoms with Crippen LogP contribution < -0.4 is 0 Å². The van der Waals surface area contributed by atoms with Crippen LogP contribution in [0.1, 0.15) is 174 Å². The smallest absolute Gasteiger partial charge is 0.462 e. The van der Waals surface area contributed by atoms with Crippen LogP contribution in [0.2, 0.25) is 0 Å². The first-order valence-electron chi connectivity index (χ1n) is 16.8. The molecule has 0 fully saturated rings. The van der Waals surface area contributed by atoms with Crippen molar-refractivity contribution in [3.8, 4) is 0 Å². The van der Waals surface area contributed by atoms with E-state index in [4.69, 9.17) is 19.3 Å². The predicted octanol–water partition coefficient (Wildman–Crippen LogP) is 9.34. The highest BCUT2D eigenvalue weighted by atomic mass is 31.2. The van der Waals surface area contributed by atoms with Crippen molar-refractivity contribution < 1.29 is 37.9 Å². The first-order valence-corrected chi connectivity index (χ1v) is 18.4. The van der Waals surface area contributed by atoms with Gasteiger partial charge in [-0.05, 0) is 12.8 Å². The molecule has 2 N–H and O–H groups in total. The monoisotopic (exact) mass is 606 g/mol. The fraction of sp³-hybridized carbons (Fsp3) is 0.938. The molecular formula is C32H63O8P. The fourth-order valence-electron chi connectivity index (χ4n) is 4.84. The summed E-state index contributed by atoms with van der Waals surface area (Å²) in [6.07, 6.45) is 27.8. The van der Waals surface area contributed by atoms with E-state index in [2.05, 4.69) is 11.4 Å². The average molecular weight is 607 g/mol. The summed E-state index contributed by atoms with van der Waals surface area (Å²) in [5.74, 6) is -0.904. The average Bonchev–Trinajstić information content (AvgIpc) is 2.93. The molecule has 0 rings (SSSR count). The third-order valence-corrected chi connectivity index (χ3v) is 7.86. The van der Waals surface area contributed by atoms with Crippen molar-refractivity contribution in [1.82, 2.24) is 0 Å². The number of carbonyl (C=O) groups is 2. The highest BCUT2D eigenvalue weighted by Gasteiger charge is 2.22. The molecule has 0 spiro atoms. The fourth-order valence-corrected chi connectivity index (χ4v) is 5.20. The van der Waals surface area contributed by atoms with E-state index in [1.807, 2.05) is 6.92 Å². The molecule has 0 amide bonds. The van der Waals surface area contributed by atoms with Gasteiger partial charge < -0.3 is 19.3 Å². The molecule has 0 saturated carbocycles. The maximum Gasteiger partial charge on any atom is 0.469 e. The largest absolute Gasteiger partial charge is 0.469 e. The second-order valence-corrected chi connectivity index (χ2v) is 12.7. The van der Waals surface area contributed by atoms with Crippen molar-refractivity contribution in [2.75, 3.05) is 13.2 Å². The van der Waals surface area contributed by atoms with Gasteiger partial charge in [-0.2, -0.15) is 0 Å².